The van der Waals surface area contributed by atoms with Crippen molar-refractivity contribution in [3.63, 3.8) is 0 Å². The quantitative estimate of drug-likeness (QED) is 0.710. The van der Waals surface area contributed by atoms with Gasteiger partial charge in [-0.15, -0.1) is 0 Å². The third kappa shape index (κ3) is 5.02. The molecule has 22 heavy (non-hydrogen) atoms. The first-order valence-corrected chi connectivity index (χ1v) is 8.35. The first kappa shape index (κ1) is 16.8. The molecule has 0 radical (unpaired) electrons. The fourth-order valence-corrected chi connectivity index (χ4v) is 2.63. The molecular formula is C18H20INO2. The van der Waals surface area contributed by atoms with Gasteiger partial charge < -0.3 is 10.1 Å². The van der Waals surface area contributed by atoms with E-state index in [1.807, 2.05) is 36.4 Å². The Hall–Kier alpha value is -1.56. The number of rotatable bonds is 6. The molecule has 0 atom stereocenters. The Bertz CT molecular complexity index is 638. The van der Waals surface area contributed by atoms with Gasteiger partial charge in [0, 0.05) is 15.7 Å². The zero-order valence-corrected chi connectivity index (χ0v) is 15.0. The fourth-order valence-electron chi connectivity index (χ4n) is 2.27. The largest absolute Gasteiger partial charge is 0.497 e. The minimum atomic E-state index is 0.0624. The highest BCUT2D eigenvalue weighted by atomic mass is 127. The second-order valence-corrected chi connectivity index (χ2v) is 6.45. The molecule has 3 nitrogen and oxygen atoms in total. The second kappa shape index (κ2) is 8.17. The van der Waals surface area contributed by atoms with E-state index in [0.717, 1.165) is 27.8 Å². The Morgan fingerprint density at radius 2 is 1.91 bits per heavy atom. The maximum atomic E-state index is 11.9. The number of anilines is 1. The highest BCUT2D eigenvalue weighted by Crippen LogP contribution is 2.19. The summed E-state index contributed by atoms with van der Waals surface area (Å²) in [6.45, 7) is 2.07. The second-order valence-electron chi connectivity index (χ2n) is 5.20. The van der Waals surface area contributed by atoms with Crippen molar-refractivity contribution in [1.82, 2.24) is 0 Å². The molecule has 1 N–H and O–H groups in total. The molecule has 2 aromatic carbocycles. The molecule has 0 saturated heterocycles. The molecule has 0 unspecified atom stereocenters. The normalized spacial score (nSPS) is 10.3. The maximum Gasteiger partial charge on any atom is 0.224 e. The van der Waals surface area contributed by atoms with Gasteiger partial charge in [-0.05, 0) is 89.9 Å². The fraction of sp³-hybridized carbons (Fsp3) is 0.278. The minimum Gasteiger partial charge on any atom is -0.497 e. The van der Waals surface area contributed by atoms with Crippen molar-refractivity contribution in [2.45, 2.75) is 26.2 Å². The molecule has 0 aliphatic heterocycles. The van der Waals surface area contributed by atoms with Crippen molar-refractivity contribution in [2.24, 2.45) is 0 Å². The number of halogens is 1. The van der Waals surface area contributed by atoms with E-state index in [9.17, 15) is 4.79 Å². The van der Waals surface area contributed by atoms with Crippen molar-refractivity contribution >= 4 is 34.2 Å². The summed E-state index contributed by atoms with van der Waals surface area (Å²) in [7, 11) is 1.67. The number of carbonyl (C=O) groups is 1. The number of aryl methyl sites for hydroxylation is 2. The van der Waals surface area contributed by atoms with E-state index in [4.69, 9.17) is 4.74 Å². The number of amides is 1. The van der Waals surface area contributed by atoms with Crippen LogP contribution in [0.15, 0.2) is 42.5 Å². The summed E-state index contributed by atoms with van der Waals surface area (Å²) in [5.41, 5.74) is 3.33. The van der Waals surface area contributed by atoms with E-state index in [0.29, 0.717) is 6.42 Å². The van der Waals surface area contributed by atoms with Gasteiger partial charge in [-0.2, -0.15) is 0 Å². The van der Waals surface area contributed by atoms with Gasteiger partial charge in [0.05, 0.1) is 7.11 Å². The summed E-state index contributed by atoms with van der Waals surface area (Å²) in [6, 6.07) is 13.9. The molecule has 0 aromatic heterocycles. The molecule has 2 rings (SSSR count). The minimum absolute atomic E-state index is 0.0624. The van der Waals surface area contributed by atoms with Crippen LogP contribution in [0, 0.1) is 10.5 Å². The Morgan fingerprint density at radius 1 is 1.18 bits per heavy atom. The molecule has 116 valence electrons. The number of ether oxygens (including phenoxy) is 1. The molecule has 0 saturated carbocycles. The Kier molecular flexibility index (Phi) is 6.24. The van der Waals surface area contributed by atoms with Gasteiger partial charge >= 0.3 is 0 Å². The van der Waals surface area contributed by atoms with E-state index in [-0.39, 0.29) is 5.91 Å². The lowest BCUT2D eigenvalue weighted by Gasteiger charge is -2.08. The van der Waals surface area contributed by atoms with Crippen LogP contribution in [0.4, 0.5) is 5.69 Å². The molecule has 0 fully saturated rings. The van der Waals surface area contributed by atoms with Crippen LogP contribution in [0.5, 0.6) is 5.75 Å². The van der Waals surface area contributed by atoms with Gasteiger partial charge in [0.25, 0.3) is 0 Å². The predicted molar refractivity (Wildman–Crippen MR) is 98.5 cm³/mol. The number of carbonyl (C=O) groups excluding carboxylic acids is 1. The van der Waals surface area contributed by atoms with Crippen LogP contribution < -0.4 is 10.1 Å². The molecule has 0 bridgehead atoms. The summed E-state index contributed by atoms with van der Waals surface area (Å²) in [5, 5.41) is 2.93. The molecule has 0 aliphatic rings. The summed E-state index contributed by atoms with van der Waals surface area (Å²) in [4.78, 5) is 11.9. The van der Waals surface area contributed by atoms with Gasteiger partial charge in [-0.1, -0.05) is 6.07 Å². The molecular weight excluding hydrogens is 389 g/mol. The Labute approximate surface area is 145 Å². The smallest absolute Gasteiger partial charge is 0.224 e. The summed E-state index contributed by atoms with van der Waals surface area (Å²) < 4.78 is 6.36. The first-order valence-electron chi connectivity index (χ1n) is 7.27. The Balaban J connectivity index is 1.80. The highest BCUT2D eigenvalue weighted by molar-refractivity contribution is 14.1. The maximum absolute atomic E-state index is 11.9. The zero-order valence-electron chi connectivity index (χ0n) is 12.9. The summed E-state index contributed by atoms with van der Waals surface area (Å²) in [6.07, 6.45) is 2.26. The van der Waals surface area contributed by atoms with Gasteiger partial charge in [-0.25, -0.2) is 0 Å². The van der Waals surface area contributed by atoms with Gasteiger partial charge in [-0.3, -0.25) is 4.79 Å². The van der Waals surface area contributed by atoms with Gasteiger partial charge in [0.2, 0.25) is 5.91 Å². The third-order valence-corrected chi connectivity index (χ3v) is 4.25. The van der Waals surface area contributed by atoms with E-state index in [1.165, 1.54) is 11.1 Å². The molecule has 1 amide bonds. The third-order valence-electron chi connectivity index (χ3n) is 3.53. The van der Waals surface area contributed by atoms with Crippen LogP contribution >= 0.6 is 22.6 Å². The molecule has 0 spiro atoms. The average Bonchev–Trinajstić information content (AvgIpc) is 2.51. The predicted octanol–water partition coefficient (Wildman–Crippen LogP) is 4.57. The van der Waals surface area contributed by atoms with Gasteiger partial charge in [0.15, 0.2) is 0 Å². The van der Waals surface area contributed by atoms with Crippen LogP contribution in [0.2, 0.25) is 0 Å². The molecule has 0 aliphatic carbocycles. The van der Waals surface area contributed by atoms with Crippen molar-refractivity contribution in [2.75, 3.05) is 12.4 Å². The lowest BCUT2D eigenvalue weighted by Crippen LogP contribution is -2.11. The molecule has 0 heterocycles. The van der Waals surface area contributed by atoms with Crippen LogP contribution in [-0.4, -0.2) is 13.0 Å². The topological polar surface area (TPSA) is 38.3 Å². The Morgan fingerprint density at radius 3 is 2.55 bits per heavy atom. The zero-order chi connectivity index (χ0) is 15.9. The van der Waals surface area contributed by atoms with E-state index in [2.05, 4.69) is 40.9 Å². The van der Waals surface area contributed by atoms with Crippen molar-refractivity contribution in [1.29, 1.82) is 0 Å². The van der Waals surface area contributed by atoms with E-state index < -0.39 is 0 Å². The van der Waals surface area contributed by atoms with E-state index >= 15 is 0 Å². The number of hydrogen-bond acceptors (Lipinski definition) is 2. The summed E-state index contributed by atoms with van der Waals surface area (Å²) >= 11 is 2.25. The van der Waals surface area contributed by atoms with Crippen LogP contribution in [0.1, 0.15) is 24.0 Å². The molecule has 2 aromatic rings. The van der Waals surface area contributed by atoms with E-state index in [1.54, 1.807) is 7.11 Å². The monoisotopic (exact) mass is 409 g/mol. The number of benzene rings is 2. The van der Waals surface area contributed by atoms with Crippen molar-refractivity contribution < 1.29 is 9.53 Å². The average molecular weight is 409 g/mol. The first-order chi connectivity index (χ1) is 10.6. The highest BCUT2D eigenvalue weighted by Gasteiger charge is 2.05. The molecule has 4 heteroatoms. The van der Waals surface area contributed by atoms with Crippen molar-refractivity contribution in [3.8, 4) is 5.75 Å². The lowest BCUT2D eigenvalue weighted by atomic mass is 10.0. The lowest BCUT2D eigenvalue weighted by molar-refractivity contribution is -0.116. The van der Waals surface area contributed by atoms with Crippen LogP contribution in [0.25, 0.3) is 0 Å². The SMILES string of the molecule is COc1ccc(CCCC(=O)Nc2ccc(I)cc2)c(C)c1. The van der Waals surface area contributed by atoms with Crippen LogP contribution in [0.3, 0.4) is 0 Å². The number of methoxy groups -OCH3 is 1. The van der Waals surface area contributed by atoms with Crippen LogP contribution in [-0.2, 0) is 11.2 Å². The van der Waals surface area contributed by atoms with Crippen molar-refractivity contribution in [3.05, 3.63) is 57.2 Å². The summed E-state index contributed by atoms with van der Waals surface area (Å²) in [5.74, 6) is 0.935. The number of nitrogens with one attached hydrogen (secondary N) is 1. The standard InChI is InChI=1S/C18H20INO2/c1-13-12-17(22-2)11-6-14(13)4-3-5-18(21)20-16-9-7-15(19)8-10-16/h6-12H,3-5H2,1-2H3,(H,20,21). The van der Waals surface area contributed by atoms with Gasteiger partial charge in [0.1, 0.15) is 5.75 Å². The number of hydrogen-bond donors (Lipinski definition) is 1.